The molecule has 3 N–H and O–H groups in total. The molecule has 0 unspecified atom stereocenters. The fraction of sp³-hybridized carbons (Fsp3) is 0.154. The number of methoxy groups -OCH3 is 2. The lowest BCUT2D eigenvalue weighted by Crippen LogP contribution is -2.06. The second-order valence-electron chi connectivity index (χ2n) is 3.75. The molecular weight excluding hydrogens is 264 g/mol. The fourth-order valence-electron chi connectivity index (χ4n) is 1.67. The Labute approximate surface area is 114 Å². The molecule has 19 heavy (non-hydrogen) atoms. The molecular formula is C13H14N2O3S. The summed E-state index contributed by atoms with van der Waals surface area (Å²) < 4.78 is 11.6. The standard InChI is InChI=1S/C13H14N2O3S/c1-17-10-6-8-5-9(3-4-13(14)15-16)19-12(8)7-11(10)18-2/h3-7,16H,1-2H3,(H2,14,15)/b4-3+. The molecule has 6 heteroatoms. The Balaban J connectivity index is 2.43. The van der Waals surface area contributed by atoms with Gasteiger partial charge in [-0.3, -0.25) is 0 Å². The first kappa shape index (κ1) is 13.2. The van der Waals surface area contributed by atoms with E-state index in [2.05, 4.69) is 5.16 Å². The molecule has 0 fully saturated rings. The van der Waals surface area contributed by atoms with Gasteiger partial charge in [0.15, 0.2) is 17.3 Å². The number of oxime groups is 1. The van der Waals surface area contributed by atoms with Crippen LogP contribution in [0.15, 0.2) is 29.4 Å². The van der Waals surface area contributed by atoms with E-state index in [9.17, 15) is 0 Å². The van der Waals surface area contributed by atoms with Gasteiger partial charge in [0, 0.05) is 15.6 Å². The average molecular weight is 278 g/mol. The van der Waals surface area contributed by atoms with Crippen molar-refractivity contribution in [1.29, 1.82) is 0 Å². The van der Waals surface area contributed by atoms with Crippen LogP contribution in [-0.2, 0) is 0 Å². The number of hydrogen-bond donors (Lipinski definition) is 2. The summed E-state index contributed by atoms with van der Waals surface area (Å²) in [6, 6.07) is 5.86. The Morgan fingerprint density at radius 3 is 2.58 bits per heavy atom. The minimum Gasteiger partial charge on any atom is -0.493 e. The van der Waals surface area contributed by atoms with E-state index in [-0.39, 0.29) is 5.84 Å². The van der Waals surface area contributed by atoms with Crippen molar-refractivity contribution in [2.75, 3.05) is 14.2 Å². The molecule has 1 aromatic carbocycles. The minimum absolute atomic E-state index is 0.0626. The lowest BCUT2D eigenvalue weighted by molar-refractivity contribution is 0.319. The molecule has 0 bridgehead atoms. The highest BCUT2D eigenvalue weighted by Crippen LogP contribution is 2.36. The lowest BCUT2D eigenvalue weighted by Gasteiger charge is -2.06. The van der Waals surface area contributed by atoms with Crippen molar-refractivity contribution in [1.82, 2.24) is 0 Å². The molecule has 0 spiro atoms. The first-order valence-electron chi connectivity index (χ1n) is 5.49. The van der Waals surface area contributed by atoms with Crippen LogP contribution >= 0.6 is 11.3 Å². The number of ether oxygens (including phenoxy) is 2. The lowest BCUT2D eigenvalue weighted by atomic mass is 10.2. The molecule has 1 heterocycles. The maximum atomic E-state index is 8.47. The largest absolute Gasteiger partial charge is 0.493 e. The second-order valence-corrected chi connectivity index (χ2v) is 4.87. The van der Waals surface area contributed by atoms with Crippen molar-refractivity contribution in [3.8, 4) is 11.5 Å². The van der Waals surface area contributed by atoms with Crippen LogP contribution in [0.2, 0.25) is 0 Å². The van der Waals surface area contributed by atoms with E-state index in [1.165, 1.54) is 0 Å². The zero-order chi connectivity index (χ0) is 13.8. The Kier molecular flexibility index (Phi) is 3.91. The second kappa shape index (κ2) is 5.62. The highest BCUT2D eigenvalue weighted by atomic mass is 32.1. The van der Waals surface area contributed by atoms with Crippen LogP contribution in [0.3, 0.4) is 0 Å². The molecule has 0 amide bonds. The summed E-state index contributed by atoms with van der Waals surface area (Å²) in [6.45, 7) is 0. The maximum absolute atomic E-state index is 8.47. The van der Waals surface area contributed by atoms with Crippen LogP contribution in [0.4, 0.5) is 0 Å². The number of hydrogen-bond acceptors (Lipinski definition) is 5. The third-order valence-corrected chi connectivity index (χ3v) is 3.64. The number of fused-ring (bicyclic) bond motifs is 1. The smallest absolute Gasteiger partial charge is 0.162 e. The van der Waals surface area contributed by atoms with Gasteiger partial charge < -0.3 is 20.4 Å². The van der Waals surface area contributed by atoms with E-state index in [1.807, 2.05) is 18.2 Å². The van der Waals surface area contributed by atoms with Gasteiger partial charge in [0.25, 0.3) is 0 Å². The molecule has 0 radical (unpaired) electrons. The van der Waals surface area contributed by atoms with E-state index < -0.39 is 0 Å². The number of nitrogens with zero attached hydrogens (tertiary/aromatic N) is 1. The number of thiophene rings is 1. The Morgan fingerprint density at radius 2 is 1.95 bits per heavy atom. The van der Waals surface area contributed by atoms with Crippen molar-refractivity contribution in [3.63, 3.8) is 0 Å². The summed E-state index contributed by atoms with van der Waals surface area (Å²) in [4.78, 5) is 0.997. The van der Waals surface area contributed by atoms with Gasteiger partial charge in [0.1, 0.15) is 0 Å². The molecule has 2 rings (SSSR count). The summed E-state index contributed by atoms with van der Waals surface area (Å²) in [7, 11) is 3.21. The molecule has 2 aromatic rings. The van der Waals surface area contributed by atoms with Crippen LogP contribution in [0, 0.1) is 0 Å². The van der Waals surface area contributed by atoms with Crippen molar-refractivity contribution >= 4 is 33.3 Å². The van der Waals surface area contributed by atoms with Crippen molar-refractivity contribution in [3.05, 3.63) is 29.2 Å². The van der Waals surface area contributed by atoms with E-state index in [4.69, 9.17) is 20.4 Å². The highest BCUT2D eigenvalue weighted by molar-refractivity contribution is 7.19. The topological polar surface area (TPSA) is 77.1 Å². The zero-order valence-electron chi connectivity index (χ0n) is 10.6. The quantitative estimate of drug-likeness (QED) is 0.390. The number of nitrogens with two attached hydrogens (primary N) is 1. The van der Waals surface area contributed by atoms with Crippen LogP contribution in [0.1, 0.15) is 4.88 Å². The Morgan fingerprint density at radius 1 is 1.26 bits per heavy atom. The van der Waals surface area contributed by atoms with Gasteiger partial charge in [-0.05, 0) is 29.7 Å². The van der Waals surface area contributed by atoms with Crippen LogP contribution in [-0.4, -0.2) is 25.3 Å². The first-order chi connectivity index (χ1) is 9.17. The van der Waals surface area contributed by atoms with Crippen LogP contribution in [0.25, 0.3) is 16.2 Å². The molecule has 0 saturated carbocycles. The molecule has 5 nitrogen and oxygen atoms in total. The van der Waals surface area contributed by atoms with Crippen LogP contribution in [0.5, 0.6) is 11.5 Å². The van der Waals surface area contributed by atoms with Gasteiger partial charge in [-0.25, -0.2) is 0 Å². The zero-order valence-corrected chi connectivity index (χ0v) is 11.4. The summed E-state index contributed by atoms with van der Waals surface area (Å²) in [5.74, 6) is 1.45. The van der Waals surface area contributed by atoms with E-state index in [0.717, 1.165) is 15.0 Å². The molecule has 0 atom stereocenters. The monoisotopic (exact) mass is 278 g/mol. The highest BCUT2D eigenvalue weighted by Gasteiger charge is 2.08. The summed E-state index contributed by atoms with van der Waals surface area (Å²) >= 11 is 1.58. The normalized spacial score (nSPS) is 12.2. The van der Waals surface area contributed by atoms with Gasteiger partial charge in [0.2, 0.25) is 0 Å². The summed E-state index contributed by atoms with van der Waals surface area (Å²) in [5, 5.41) is 12.4. The third kappa shape index (κ3) is 2.79. The SMILES string of the molecule is COc1cc2cc(/C=C/C(N)=N/O)sc2cc1OC. The number of rotatable bonds is 4. The minimum atomic E-state index is 0.0626. The van der Waals surface area contributed by atoms with Gasteiger partial charge in [-0.2, -0.15) is 0 Å². The summed E-state index contributed by atoms with van der Waals surface area (Å²) in [5.41, 5.74) is 5.38. The Bertz CT molecular complexity index is 606. The Hall–Kier alpha value is -2.21. The van der Waals surface area contributed by atoms with Gasteiger partial charge in [0.05, 0.1) is 14.2 Å². The first-order valence-corrected chi connectivity index (χ1v) is 6.30. The van der Waals surface area contributed by atoms with Crippen molar-refractivity contribution < 1.29 is 14.7 Å². The van der Waals surface area contributed by atoms with Crippen molar-refractivity contribution in [2.24, 2.45) is 10.9 Å². The van der Waals surface area contributed by atoms with E-state index >= 15 is 0 Å². The van der Waals surface area contributed by atoms with Gasteiger partial charge >= 0.3 is 0 Å². The molecule has 1 aromatic heterocycles. The van der Waals surface area contributed by atoms with Crippen molar-refractivity contribution in [2.45, 2.75) is 0 Å². The number of benzene rings is 1. The third-order valence-electron chi connectivity index (χ3n) is 2.58. The molecule has 100 valence electrons. The maximum Gasteiger partial charge on any atom is 0.162 e. The molecule has 0 saturated heterocycles. The molecule has 0 aliphatic rings. The van der Waals surface area contributed by atoms with E-state index in [1.54, 1.807) is 37.7 Å². The van der Waals surface area contributed by atoms with Gasteiger partial charge in [-0.15, -0.1) is 11.3 Å². The van der Waals surface area contributed by atoms with Crippen LogP contribution < -0.4 is 15.2 Å². The van der Waals surface area contributed by atoms with E-state index in [0.29, 0.717) is 11.5 Å². The predicted molar refractivity (Wildman–Crippen MR) is 77.4 cm³/mol. The fourth-order valence-corrected chi connectivity index (χ4v) is 2.65. The number of amidine groups is 1. The predicted octanol–water partition coefficient (Wildman–Crippen LogP) is 2.68. The average Bonchev–Trinajstić information content (AvgIpc) is 2.84. The summed E-state index contributed by atoms with van der Waals surface area (Å²) in [6.07, 6.45) is 3.33. The molecule has 0 aliphatic heterocycles. The van der Waals surface area contributed by atoms with Gasteiger partial charge in [-0.1, -0.05) is 5.16 Å². The molecule has 0 aliphatic carbocycles.